The van der Waals surface area contributed by atoms with Crippen molar-refractivity contribution in [3.8, 4) is 11.3 Å². The van der Waals surface area contributed by atoms with Gasteiger partial charge in [-0.25, -0.2) is 13.4 Å². The van der Waals surface area contributed by atoms with Gasteiger partial charge in [-0.15, -0.1) is 11.3 Å². The summed E-state index contributed by atoms with van der Waals surface area (Å²) < 4.78 is 27.9. The second-order valence-electron chi connectivity index (χ2n) is 6.57. The number of nitrogens with zero attached hydrogens (tertiary/aromatic N) is 2. The number of rotatable bonds is 5. The number of halogens is 1. The Morgan fingerprint density at radius 2 is 1.67 bits per heavy atom. The standard InChI is InChI=1S/C20H19BrN2O2S2/c21-17-7-3-15(4-8-17)13-20-22-19(14-26-20)16-5-9-18(10-6-16)27(24,25)23-11-1-2-12-23/h3-10,14H,1-2,11-13H2. The summed E-state index contributed by atoms with van der Waals surface area (Å²) in [7, 11) is -3.36. The van der Waals surface area contributed by atoms with Crippen molar-refractivity contribution in [3.05, 3.63) is 69.0 Å². The van der Waals surface area contributed by atoms with Gasteiger partial charge in [-0.2, -0.15) is 4.31 Å². The highest BCUT2D eigenvalue weighted by Gasteiger charge is 2.26. The summed E-state index contributed by atoms with van der Waals surface area (Å²) in [6.07, 6.45) is 2.67. The van der Waals surface area contributed by atoms with Crippen molar-refractivity contribution in [1.29, 1.82) is 0 Å². The van der Waals surface area contributed by atoms with Crippen LogP contribution in [-0.4, -0.2) is 30.8 Å². The summed E-state index contributed by atoms with van der Waals surface area (Å²) in [5.41, 5.74) is 3.04. The van der Waals surface area contributed by atoms with E-state index in [1.54, 1.807) is 27.8 Å². The second-order valence-corrected chi connectivity index (χ2v) is 10.4. The van der Waals surface area contributed by atoms with Crippen LogP contribution in [0, 0.1) is 0 Å². The van der Waals surface area contributed by atoms with Crippen LogP contribution >= 0.6 is 27.3 Å². The summed E-state index contributed by atoms with van der Waals surface area (Å²) in [4.78, 5) is 5.07. The first-order valence-electron chi connectivity index (χ1n) is 8.82. The largest absolute Gasteiger partial charge is 0.243 e. The zero-order chi connectivity index (χ0) is 18.9. The van der Waals surface area contributed by atoms with Crippen LogP contribution in [0.25, 0.3) is 11.3 Å². The molecule has 0 bridgehead atoms. The van der Waals surface area contributed by atoms with Gasteiger partial charge in [-0.3, -0.25) is 0 Å². The van der Waals surface area contributed by atoms with Gasteiger partial charge in [0.15, 0.2) is 0 Å². The van der Waals surface area contributed by atoms with E-state index in [0.29, 0.717) is 18.0 Å². The van der Waals surface area contributed by atoms with Crippen LogP contribution < -0.4 is 0 Å². The maximum Gasteiger partial charge on any atom is 0.243 e. The van der Waals surface area contributed by atoms with Crippen molar-refractivity contribution >= 4 is 37.3 Å². The Balaban J connectivity index is 1.51. The number of hydrogen-bond acceptors (Lipinski definition) is 4. The average Bonchev–Trinajstić information content (AvgIpc) is 3.36. The summed E-state index contributed by atoms with van der Waals surface area (Å²) in [5.74, 6) is 0. The highest BCUT2D eigenvalue weighted by Crippen LogP contribution is 2.27. The number of hydrogen-bond donors (Lipinski definition) is 0. The SMILES string of the molecule is O=S(=O)(c1ccc(-c2csc(Cc3ccc(Br)cc3)n2)cc1)N1CCCC1. The molecule has 1 fully saturated rings. The fraction of sp³-hybridized carbons (Fsp3) is 0.250. The van der Waals surface area contributed by atoms with Crippen LogP contribution in [0.3, 0.4) is 0 Å². The molecule has 0 N–H and O–H groups in total. The molecule has 0 unspecified atom stereocenters. The van der Waals surface area contributed by atoms with Crippen molar-refractivity contribution in [2.24, 2.45) is 0 Å². The molecule has 3 aromatic rings. The minimum atomic E-state index is -3.36. The van der Waals surface area contributed by atoms with Crippen molar-refractivity contribution < 1.29 is 8.42 Å². The lowest BCUT2D eigenvalue weighted by molar-refractivity contribution is 0.477. The maximum absolute atomic E-state index is 12.6. The zero-order valence-corrected chi connectivity index (χ0v) is 17.9. The molecule has 0 aliphatic carbocycles. The molecule has 4 nitrogen and oxygen atoms in total. The molecule has 140 valence electrons. The Hall–Kier alpha value is -1.54. The lowest BCUT2D eigenvalue weighted by atomic mass is 10.1. The Morgan fingerprint density at radius 1 is 1.00 bits per heavy atom. The molecule has 4 rings (SSSR count). The number of thiazole rings is 1. The Morgan fingerprint density at radius 3 is 2.33 bits per heavy atom. The topological polar surface area (TPSA) is 50.3 Å². The monoisotopic (exact) mass is 462 g/mol. The van der Waals surface area contributed by atoms with E-state index >= 15 is 0 Å². The van der Waals surface area contributed by atoms with Gasteiger partial charge < -0.3 is 0 Å². The molecule has 1 aliphatic heterocycles. The predicted molar refractivity (Wildman–Crippen MR) is 112 cm³/mol. The Kier molecular flexibility index (Phi) is 5.45. The molecule has 1 aliphatic rings. The summed E-state index contributed by atoms with van der Waals surface area (Å²) in [6, 6.07) is 15.3. The Labute approximate surface area is 172 Å². The quantitative estimate of drug-likeness (QED) is 0.538. The predicted octanol–water partition coefficient (Wildman–Crippen LogP) is 4.95. The summed E-state index contributed by atoms with van der Waals surface area (Å²) >= 11 is 5.07. The first kappa shape index (κ1) is 18.8. The minimum Gasteiger partial charge on any atom is -0.241 e. The summed E-state index contributed by atoms with van der Waals surface area (Å²) in [5, 5.41) is 3.07. The zero-order valence-electron chi connectivity index (χ0n) is 14.6. The van der Waals surface area contributed by atoms with Crippen LogP contribution in [0.4, 0.5) is 0 Å². The number of sulfonamides is 1. The Bertz CT molecular complexity index is 1020. The first-order chi connectivity index (χ1) is 13.0. The molecule has 0 saturated carbocycles. The van der Waals surface area contributed by atoms with Gasteiger partial charge >= 0.3 is 0 Å². The smallest absolute Gasteiger partial charge is 0.241 e. The molecule has 2 heterocycles. The molecule has 1 saturated heterocycles. The van der Waals surface area contributed by atoms with Crippen LogP contribution in [0.5, 0.6) is 0 Å². The molecule has 0 spiro atoms. The lowest BCUT2D eigenvalue weighted by Crippen LogP contribution is -2.27. The van der Waals surface area contributed by atoms with Gasteiger partial charge in [0.05, 0.1) is 15.6 Å². The van der Waals surface area contributed by atoms with Crippen LogP contribution in [-0.2, 0) is 16.4 Å². The van der Waals surface area contributed by atoms with E-state index in [1.807, 2.05) is 29.6 Å². The second kappa shape index (κ2) is 7.83. The van der Waals surface area contributed by atoms with E-state index < -0.39 is 10.0 Å². The highest BCUT2D eigenvalue weighted by molar-refractivity contribution is 9.10. The van der Waals surface area contributed by atoms with Crippen LogP contribution in [0.1, 0.15) is 23.4 Å². The minimum absolute atomic E-state index is 0.360. The van der Waals surface area contributed by atoms with Gasteiger partial charge in [-0.1, -0.05) is 40.2 Å². The molecule has 0 atom stereocenters. The third-order valence-electron chi connectivity index (χ3n) is 4.67. The molecular formula is C20H19BrN2O2S2. The molecular weight excluding hydrogens is 444 g/mol. The maximum atomic E-state index is 12.6. The first-order valence-corrected chi connectivity index (χ1v) is 11.9. The molecule has 0 radical (unpaired) electrons. The fourth-order valence-corrected chi connectivity index (χ4v) is 5.80. The van der Waals surface area contributed by atoms with Crippen molar-refractivity contribution in [2.45, 2.75) is 24.2 Å². The van der Waals surface area contributed by atoms with Crippen LogP contribution in [0.2, 0.25) is 0 Å². The third-order valence-corrected chi connectivity index (χ3v) is 7.96. The van der Waals surface area contributed by atoms with Gasteiger partial charge in [0.25, 0.3) is 0 Å². The third kappa shape index (κ3) is 4.16. The molecule has 0 amide bonds. The lowest BCUT2D eigenvalue weighted by Gasteiger charge is -2.15. The van der Waals surface area contributed by atoms with Gasteiger partial charge in [0, 0.05) is 34.9 Å². The molecule has 7 heteroatoms. The van der Waals surface area contributed by atoms with Gasteiger partial charge in [0.2, 0.25) is 10.0 Å². The fourth-order valence-electron chi connectivity index (χ4n) is 3.18. The highest BCUT2D eigenvalue weighted by atomic mass is 79.9. The number of aromatic nitrogens is 1. The van der Waals surface area contributed by atoms with Gasteiger partial charge in [-0.05, 0) is 42.7 Å². The summed E-state index contributed by atoms with van der Waals surface area (Å²) in [6.45, 7) is 1.24. The van der Waals surface area contributed by atoms with Crippen molar-refractivity contribution in [3.63, 3.8) is 0 Å². The van der Waals surface area contributed by atoms with E-state index in [0.717, 1.165) is 40.0 Å². The molecule has 2 aromatic carbocycles. The van der Waals surface area contributed by atoms with E-state index in [2.05, 4.69) is 28.1 Å². The molecule has 27 heavy (non-hydrogen) atoms. The molecule has 1 aromatic heterocycles. The van der Waals surface area contributed by atoms with Crippen molar-refractivity contribution in [2.75, 3.05) is 13.1 Å². The van der Waals surface area contributed by atoms with E-state index in [4.69, 9.17) is 4.98 Å². The van der Waals surface area contributed by atoms with Crippen LogP contribution in [0.15, 0.2) is 63.3 Å². The van der Waals surface area contributed by atoms with Crippen molar-refractivity contribution in [1.82, 2.24) is 9.29 Å². The van der Waals surface area contributed by atoms with E-state index in [1.165, 1.54) is 5.56 Å². The van der Waals surface area contributed by atoms with E-state index in [-0.39, 0.29) is 0 Å². The van der Waals surface area contributed by atoms with Gasteiger partial charge in [0.1, 0.15) is 0 Å². The van der Waals surface area contributed by atoms with E-state index in [9.17, 15) is 8.42 Å². The number of benzene rings is 2. The normalized spacial score (nSPS) is 15.3. The average molecular weight is 463 g/mol.